The largest absolute Gasteiger partial charge is 0.457 e. The van der Waals surface area contributed by atoms with E-state index in [0.717, 1.165) is 29.6 Å². The summed E-state index contributed by atoms with van der Waals surface area (Å²) in [5, 5.41) is 5.00. The van der Waals surface area contributed by atoms with Gasteiger partial charge in [-0.1, -0.05) is 32.6 Å². The highest BCUT2D eigenvalue weighted by Crippen LogP contribution is 2.31. The highest BCUT2D eigenvalue weighted by molar-refractivity contribution is 5.67. The molecule has 2 N–H and O–H groups in total. The Morgan fingerprint density at radius 1 is 1.15 bits per heavy atom. The fourth-order valence-corrected chi connectivity index (χ4v) is 3.46. The zero-order valence-corrected chi connectivity index (χ0v) is 20.0. The number of hydrogen-bond donors (Lipinski definition) is 2. The van der Waals surface area contributed by atoms with Crippen molar-refractivity contribution in [3.05, 3.63) is 101 Å². The number of nitrogens with zero attached hydrogens (tertiary/aromatic N) is 2. The molecule has 0 unspecified atom stereocenters. The summed E-state index contributed by atoms with van der Waals surface area (Å²) in [7, 11) is 0. The molecule has 3 aromatic rings. The van der Waals surface area contributed by atoms with Gasteiger partial charge < -0.3 is 10.1 Å². The fourth-order valence-electron chi connectivity index (χ4n) is 3.46. The maximum absolute atomic E-state index is 13.4. The van der Waals surface area contributed by atoms with Gasteiger partial charge in [0, 0.05) is 55.9 Å². The van der Waals surface area contributed by atoms with Crippen LogP contribution in [0.4, 0.5) is 14.6 Å². The highest BCUT2D eigenvalue weighted by atomic mass is 19.1. The molecule has 4 rings (SSSR count). The van der Waals surface area contributed by atoms with Gasteiger partial charge in [-0.15, -0.1) is 0 Å². The molecule has 5 nitrogen and oxygen atoms in total. The predicted molar refractivity (Wildman–Crippen MR) is 135 cm³/mol. The lowest BCUT2D eigenvalue weighted by Crippen LogP contribution is -2.29. The van der Waals surface area contributed by atoms with E-state index in [1.54, 1.807) is 12.3 Å². The first-order chi connectivity index (χ1) is 16.4. The lowest BCUT2D eigenvalue weighted by Gasteiger charge is -2.17. The molecule has 0 fully saturated rings. The summed E-state index contributed by atoms with van der Waals surface area (Å²) < 4.78 is 33.0. The molecule has 0 aliphatic carbocycles. The lowest BCUT2D eigenvalue weighted by atomic mass is 10.0. The maximum Gasteiger partial charge on any atom is 0.150 e. The summed E-state index contributed by atoms with van der Waals surface area (Å²) in [6.07, 6.45) is 3.70. The molecule has 0 atom stereocenters. The molecule has 0 spiro atoms. The predicted octanol–water partition coefficient (Wildman–Crippen LogP) is 6.72. The summed E-state index contributed by atoms with van der Waals surface area (Å²) in [4.78, 5) is 4.39. The van der Waals surface area contributed by atoms with Crippen molar-refractivity contribution in [1.29, 1.82) is 0 Å². The quantitative estimate of drug-likeness (QED) is 0.405. The molecule has 34 heavy (non-hydrogen) atoms. The molecule has 0 amide bonds. The van der Waals surface area contributed by atoms with Gasteiger partial charge in [0.1, 0.15) is 23.1 Å². The van der Waals surface area contributed by atoms with Crippen LogP contribution < -0.4 is 20.5 Å². The minimum Gasteiger partial charge on any atom is -0.457 e. The Balaban J connectivity index is 0.00000140. The summed E-state index contributed by atoms with van der Waals surface area (Å²) in [6.45, 7) is 13.1. The number of aromatic nitrogens is 1. The highest BCUT2D eigenvalue weighted by Gasteiger charge is 2.14. The van der Waals surface area contributed by atoms with Crippen LogP contribution in [-0.4, -0.2) is 11.5 Å². The standard InChI is InChI=1S/C25H24F2N4O.C2H6.H2/c1-16-13-30-31(15-16)25-12-22(7-8-28-25)32-24-6-4-5-23(17(24)2)18(3)29-14-19-9-20(26)11-21(27)10-19;1-2;/h4-12,15,29-30H,3,13-14H2,1-2H3;1-2H3;1H. The summed E-state index contributed by atoms with van der Waals surface area (Å²) in [6, 6.07) is 12.8. The number of hydrogen-bond acceptors (Lipinski definition) is 5. The zero-order valence-electron chi connectivity index (χ0n) is 20.0. The Morgan fingerprint density at radius 3 is 2.56 bits per heavy atom. The third kappa shape index (κ3) is 6.20. The van der Waals surface area contributed by atoms with Crippen LogP contribution in [-0.2, 0) is 6.54 Å². The van der Waals surface area contributed by atoms with Gasteiger partial charge in [-0.3, -0.25) is 5.01 Å². The zero-order chi connectivity index (χ0) is 24.7. The van der Waals surface area contributed by atoms with Crippen molar-refractivity contribution in [2.24, 2.45) is 0 Å². The Labute approximate surface area is 201 Å². The van der Waals surface area contributed by atoms with Crippen LogP contribution in [0.25, 0.3) is 5.70 Å². The molecule has 1 aliphatic heterocycles. The van der Waals surface area contributed by atoms with Gasteiger partial charge in [0.2, 0.25) is 0 Å². The molecule has 0 saturated carbocycles. The number of halogens is 2. The SMILES string of the molecule is C=C(NCc1cc(F)cc(F)c1)c1cccc(Oc2ccnc(N3C=C(C)CN3)c2)c1C.CC.[HH]. The van der Waals surface area contributed by atoms with Crippen molar-refractivity contribution < 1.29 is 14.9 Å². The Bertz CT molecular complexity index is 1180. The van der Waals surface area contributed by atoms with Crippen molar-refractivity contribution in [1.82, 2.24) is 15.7 Å². The third-order valence-electron chi connectivity index (χ3n) is 5.11. The second-order valence-electron chi connectivity index (χ2n) is 7.67. The molecule has 7 heteroatoms. The van der Waals surface area contributed by atoms with E-state index in [2.05, 4.69) is 22.3 Å². The smallest absolute Gasteiger partial charge is 0.150 e. The molecule has 180 valence electrons. The topological polar surface area (TPSA) is 49.4 Å². The summed E-state index contributed by atoms with van der Waals surface area (Å²) in [5.41, 5.74) is 7.34. The molecule has 1 aliphatic rings. The van der Waals surface area contributed by atoms with Crippen LogP contribution in [0.5, 0.6) is 11.5 Å². The molecule has 0 saturated heterocycles. The Morgan fingerprint density at radius 2 is 1.88 bits per heavy atom. The van der Waals surface area contributed by atoms with E-state index < -0.39 is 11.6 Å². The Kier molecular flexibility index (Phi) is 8.38. The number of hydrazine groups is 1. The number of nitrogens with one attached hydrogen (secondary N) is 2. The van der Waals surface area contributed by atoms with Gasteiger partial charge in [0.15, 0.2) is 5.82 Å². The second kappa shape index (κ2) is 11.4. The first kappa shape index (κ1) is 24.9. The third-order valence-corrected chi connectivity index (χ3v) is 5.11. The van der Waals surface area contributed by atoms with Crippen molar-refractivity contribution in [2.45, 2.75) is 34.2 Å². The van der Waals surface area contributed by atoms with Crippen molar-refractivity contribution in [3.8, 4) is 11.5 Å². The molecule has 2 aromatic carbocycles. The van der Waals surface area contributed by atoms with Gasteiger partial charge in [-0.05, 0) is 49.2 Å². The van der Waals surface area contributed by atoms with E-state index in [-0.39, 0.29) is 7.97 Å². The number of pyridine rings is 1. The van der Waals surface area contributed by atoms with Crippen molar-refractivity contribution in [3.63, 3.8) is 0 Å². The molecule has 0 bridgehead atoms. The molecule has 1 aromatic heterocycles. The van der Waals surface area contributed by atoms with Gasteiger partial charge in [0.05, 0.1) is 0 Å². The Hall–Kier alpha value is -3.71. The van der Waals surface area contributed by atoms with Crippen LogP contribution in [0.3, 0.4) is 0 Å². The fraction of sp³-hybridized carbons (Fsp3) is 0.222. The van der Waals surface area contributed by atoms with Gasteiger partial charge in [-0.25, -0.2) is 19.2 Å². The maximum atomic E-state index is 13.4. The van der Waals surface area contributed by atoms with E-state index >= 15 is 0 Å². The first-order valence-corrected chi connectivity index (χ1v) is 11.2. The average Bonchev–Trinajstić information content (AvgIpc) is 3.26. The second-order valence-corrected chi connectivity index (χ2v) is 7.67. The lowest BCUT2D eigenvalue weighted by molar-refractivity contribution is 0.477. The number of rotatable bonds is 7. The van der Waals surface area contributed by atoms with Gasteiger partial charge in [0.25, 0.3) is 0 Å². The monoisotopic (exact) mass is 466 g/mol. The van der Waals surface area contributed by atoms with E-state index in [0.29, 0.717) is 22.8 Å². The van der Waals surface area contributed by atoms with Crippen LogP contribution >= 0.6 is 0 Å². The number of ether oxygens (including phenoxy) is 1. The van der Waals surface area contributed by atoms with E-state index in [1.165, 1.54) is 17.7 Å². The van der Waals surface area contributed by atoms with Gasteiger partial charge in [-0.2, -0.15) is 0 Å². The minimum atomic E-state index is -0.606. The van der Waals surface area contributed by atoms with Crippen molar-refractivity contribution >= 4 is 11.5 Å². The summed E-state index contributed by atoms with van der Waals surface area (Å²) >= 11 is 0. The number of anilines is 1. The van der Waals surface area contributed by atoms with Crippen LogP contribution in [0.15, 0.2) is 73.1 Å². The molecule has 0 radical (unpaired) electrons. The van der Waals surface area contributed by atoms with E-state index in [4.69, 9.17) is 4.74 Å². The molecule has 2 heterocycles. The average molecular weight is 467 g/mol. The number of benzene rings is 2. The molecular weight excluding hydrogens is 434 g/mol. The van der Waals surface area contributed by atoms with Crippen LogP contribution in [0.2, 0.25) is 0 Å². The van der Waals surface area contributed by atoms with Crippen LogP contribution in [0, 0.1) is 18.6 Å². The van der Waals surface area contributed by atoms with E-state index in [9.17, 15) is 8.78 Å². The van der Waals surface area contributed by atoms with Gasteiger partial charge >= 0.3 is 0 Å². The minimum absolute atomic E-state index is 0. The van der Waals surface area contributed by atoms with E-state index in [1.807, 2.05) is 63.2 Å². The summed E-state index contributed by atoms with van der Waals surface area (Å²) in [5.74, 6) is 0.863. The van der Waals surface area contributed by atoms with Crippen molar-refractivity contribution in [2.75, 3.05) is 11.6 Å². The normalized spacial score (nSPS) is 12.5. The molecular formula is C27H32F2N4O. The first-order valence-electron chi connectivity index (χ1n) is 11.2. The van der Waals surface area contributed by atoms with Crippen LogP contribution in [0.1, 0.15) is 38.9 Å².